The van der Waals surface area contributed by atoms with Crippen LogP contribution in [0.2, 0.25) is 0 Å². The van der Waals surface area contributed by atoms with E-state index in [1.54, 1.807) is 29.7 Å². The fourth-order valence-electron chi connectivity index (χ4n) is 2.79. The number of anilines is 1. The van der Waals surface area contributed by atoms with Gasteiger partial charge in [0.15, 0.2) is 0 Å². The zero-order chi connectivity index (χ0) is 17.3. The van der Waals surface area contributed by atoms with E-state index in [1.807, 2.05) is 32.0 Å². The second-order valence-corrected chi connectivity index (χ2v) is 6.99. The average molecular weight is 344 g/mol. The van der Waals surface area contributed by atoms with Crippen molar-refractivity contribution < 1.29 is 14.0 Å². The van der Waals surface area contributed by atoms with Crippen LogP contribution in [-0.4, -0.2) is 34.4 Å². The molecule has 24 heavy (non-hydrogen) atoms. The highest BCUT2D eigenvalue weighted by atomic mass is 32.2. The Morgan fingerprint density at radius 1 is 1.25 bits per heavy atom. The Kier molecular flexibility index (Phi) is 4.66. The maximum atomic E-state index is 12.7. The zero-order valence-corrected chi connectivity index (χ0v) is 14.8. The number of thioether (sulfide) groups is 1. The molecule has 1 unspecified atom stereocenters. The van der Waals surface area contributed by atoms with Crippen molar-refractivity contribution in [3.05, 3.63) is 53.0 Å². The van der Waals surface area contributed by atoms with Crippen LogP contribution in [0.1, 0.15) is 27.2 Å². The van der Waals surface area contributed by atoms with Crippen LogP contribution < -0.4 is 5.32 Å². The largest absolute Gasteiger partial charge is 0.469 e. The van der Waals surface area contributed by atoms with Crippen LogP contribution >= 0.6 is 11.8 Å². The lowest BCUT2D eigenvalue weighted by molar-refractivity contribution is -0.119. The molecule has 1 aromatic heterocycles. The van der Waals surface area contributed by atoms with Gasteiger partial charge < -0.3 is 14.6 Å². The summed E-state index contributed by atoms with van der Waals surface area (Å²) >= 11 is 1.58. The first-order chi connectivity index (χ1) is 11.5. The summed E-state index contributed by atoms with van der Waals surface area (Å²) < 4.78 is 5.21. The third kappa shape index (κ3) is 3.19. The normalized spacial score (nSPS) is 17.1. The zero-order valence-electron chi connectivity index (χ0n) is 14.0. The molecule has 0 aliphatic carbocycles. The van der Waals surface area contributed by atoms with Crippen LogP contribution in [0.5, 0.6) is 0 Å². The molecular formula is C18H20N2O3S. The van der Waals surface area contributed by atoms with Crippen molar-refractivity contribution in [3.8, 4) is 0 Å². The van der Waals surface area contributed by atoms with Crippen LogP contribution in [0.4, 0.5) is 5.69 Å². The van der Waals surface area contributed by atoms with Gasteiger partial charge in [-0.05, 0) is 38.5 Å². The first kappa shape index (κ1) is 16.6. The van der Waals surface area contributed by atoms with E-state index in [2.05, 4.69) is 5.32 Å². The minimum absolute atomic E-state index is 0.151. The van der Waals surface area contributed by atoms with Crippen molar-refractivity contribution in [3.63, 3.8) is 0 Å². The first-order valence-corrected chi connectivity index (χ1v) is 8.94. The third-order valence-electron chi connectivity index (χ3n) is 4.17. The van der Waals surface area contributed by atoms with Gasteiger partial charge in [-0.1, -0.05) is 17.7 Å². The molecule has 1 N–H and O–H groups in total. The predicted molar refractivity (Wildman–Crippen MR) is 95.3 cm³/mol. The molecule has 0 radical (unpaired) electrons. The van der Waals surface area contributed by atoms with Gasteiger partial charge in [0.2, 0.25) is 5.91 Å². The van der Waals surface area contributed by atoms with E-state index >= 15 is 0 Å². The van der Waals surface area contributed by atoms with Gasteiger partial charge in [-0.15, -0.1) is 11.8 Å². The van der Waals surface area contributed by atoms with E-state index < -0.39 is 6.04 Å². The third-order valence-corrected chi connectivity index (χ3v) is 5.19. The summed E-state index contributed by atoms with van der Waals surface area (Å²) in [6, 6.07) is 7.06. The number of furan rings is 1. The smallest absolute Gasteiger partial charge is 0.258 e. The van der Waals surface area contributed by atoms with Crippen LogP contribution in [0.25, 0.3) is 0 Å². The van der Waals surface area contributed by atoms with Crippen LogP contribution in [-0.2, 0) is 4.79 Å². The number of carbonyl (C=O) groups excluding carboxylic acids is 2. The van der Waals surface area contributed by atoms with Crippen molar-refractivity contribution >= 4 is 29.3 Å². The Labute approximate surface area is 145 Å². The monoisotopic (exact) mass is 344 g/mol. The maximum absolute atomic E-state index is 12.7. The summed E-state index contributed by atoms with van der Waals surface area (Å²) in [4.78, 5) is 27.0. The van der Waals surface area contributed by atoms with Crippen molar-refractivity contribution in [1.29, 1.82) is 0 Å². The van der Waals surface area contributed by atoms with Gasteiger partial charge in [-0.2, -0.15) is 0 Å². The highest BCUT2D eigenvalue weighted by molar-refractivity contribution is 7.99. The van der Waals surface area contributed by atoms with Gasteiger partial charge in [0.05, 0.1) is 17.7 Å². The molecule has 1 aromatic carbocycles. The Morgan fingerprint density at radius 2 is 2.04 bits per heavy atom. The standard InChI is InChI=1S/C18H20N2O3S/c1-11-4-5-15(12(2)8-11)19-17(21)16-9-24-10-20(16)18(22)14-6-7-23-13(14)3/h4-8,16H,9-10H2,1-3H3,(H,19,21). The average Bonchev–Trinajstić information content (AvgIpc) is 3.18. The number of hydrogen-bond donors (Lipinski definition) is 1. The van der Waals surface area contributed by atoms with E-state index in [9.17, 15) is 9.59 Å². The topological polar surface area (TPSA) is 62.6 Å². The second kappa shape index (κ2) is 6.73. The molecule has 2 amide bonds. The predicted octanol–water partition coefficient (Wildman–Crippen LogP) is 3.36. The lowest BCUT2D eigenvalue weighted by Crippen LogP contribution is -2.44. The van der Waals surface area contributed by atoms with E-state index in [0.717, 1.165) is 16.8 Å². The number of rotatable bonds is 3. The summed E-state index contributed by atoms with van der Waals surface area (Å²) in [6.45, 7) is 5.73. The summed E-state index contributed by atoms with van der Waals surface area (Å²) in [7, 11) is 0. The summed E-state index contributed by atoms with van der Waals surface area (Å²) in [5.74, 6) is 1.37. The molecule has 0 spiro atoms. The molecule has 1 aliphatic rings. The number of amides is 2. The Balaban J connectivity index is 1.76. The first-order valence-electron chi connectivity index (χ1n) is 7.78. The molecule has 3 rings (SSSR count). The van der Waals surface area contributed by atoms with Crippen LogP contribution in [0.3, 0.4) is 0 Å². The number of nitrogens with one attached hydrogen (secondary N) is 1. The van der Waals surface area contributed by atoms with Gasteiger partial charge in [-0.3, -0.25) is 9.59 Å². The van der Waals surface area contributed by atoms with Gasteiger partial charge in [-0.25, -0.2) is 0 Å². The molecule has 1 aliphatic heterocycles. The number of carbonyl (C=O) groups is 2. The van der Waals surface area contributed by atoms with Crippen LogP contribution in [0, 0.1) is 20.8 Å². The molecule has 6 heteroatoms. The second-order valence-electron chi connectivity index (χ2n) is 5.99. The van der Waals surface area contributed by atoms with E-state index in [1.165, 1.54) is 6.26 Å². The lowest BCUT2D eigenvalue weighted by Gasteiger charge is -2.23. The molecule has 1 saturated heterocycles. The van der Waals surface area contributed by atoms with Crippen molar-refractivity contribution in [2.75, 3.05) is 16.9 Å². The lowest BCUT2D eigenvalue weighted by atomic mass is 10.1. The molecule has 1 atom stereocenters. The maximum Gasteiger partial charge on any atom is 0.258 e. The number of hydrogen-bond acceptors (Lipinski definition) is 4. The summed E-state index contributed by atoms with van der Waals surface area (Å²) in [6.07, 6.45) is 1.50. The molecule has 0 bridgehead atoms. The van der Waals surface area contributed by atoms with E-state index in [-0.39, 0.29) is 11.8 Å². The van der Waals surface area contributed by atoms with Gasteiger partial charge in [0.1, 0.15) is 11.8 Å². The molecule has 5 nitrogen and oxygen atoms in total. The summed E-state index contributed by atoms with van der Waals surface area (Å²) in [5, 5.41) is 2.95. The molecule has 0 saturated carbocycles. The molecule has 2 heterocycles. The van der Waals surface area contributed by atoms with Gasteiger partial charge >= 0.3 is 0 Å². The molecule has 1 fully saturated rings. The van der Waals surface area contributed by atoms with E-state index in [0.29, 0.717) is 23.0 Å². The fourth-order valence-corrected chi connectivity index (χ4v) is 3.95. The van der Waals surface area contributed by atoms with Crippen LogP contribution in [0.15, 0.2) is 34.9 Å². The Hall–Kier alpha value is -2.21. The summed E-state index contributed by atoms with van der Waals surface area (Å²) in [5.41, 5.74) is 3.46. The minimum Gasteiger partial charge on any atom is -0.469 e. The van der Waals surface area contributed by atoms with E-state index in [4.69, 9.17) is 4.42 Å². The highest BCUT2D eigenvalue weighted by Gasteiger charge is 2.36. The Morgan fingerprint density at radius 3 is 2.71 bits per heavy atom. The highest BCUT2D eigenvalue weighted by Crippen LogP contribution is 2.26. The number of benzene rings is 1. The quantitative estimate of drug-likeness (QED) is 0.927. The number of nitrogens with zero attached hydrogens (tertiary/aromatic N) is 1. The SMILES string of the molecule is Cc1ccc(NC(=O)C2CSCN2C(=O)c2ccoc2C)c(C)c1. The van der Waals surface area contributed by atoms with Crippen molar-refractivity contribution in [1.82, 2.24) is 4.90 Å². The van der Waals surface area contributed by atoms with Gasteiger partial charge in [0, 0.05) is 11.4 Å². The molecule has 126 valence electrons. The fraction of sp³-hybridized carbons (Fsp3) is 0.333. The Bertz CT molecular complexity index is 784. The molecular weight excluding hydrogens is 324 g/mol. The minimum atomic E-state index is -0.475. The number of aryl methyl sites for hydroxylation is 3. The van der Waals surface area contributed by atoms with Crippen molar-refractivity contribution in [2.45, 2.75) is 26.8 Å². The molecule has 2 aromatic rings. The van der Waals surface area contributed by atoms with Crippen molar-refractivity contribution in [2.24, 2.45) is 0 Å². The van der Waals surface area contributed by atoms with Gasteiger partial charge in [0.25, 0.3) is 5.91 Å².